The molecule has 1 aromatic carbocycles. The average molecular weight is 246 g/mol. The van der Waals surface area contributed by atoms with Crippen LogP contribution in [0.25, 0.3) is 10.9 Å². The van der Waals surface area contributed by atoms with E-state index in [9.17, 15) is 0 Å². The Bertz CT molecular complexity index is 509. The number of thioether (sulfide) groups is 1. The molecule has 0 aliphatic heterocycles. The maximum absolute atomic E-state index is 5.93. The number of nitrogens with zero attached hydrogens (tertiary/aromatic N) is 1. The van der Waals surface area contributed by atoms with E-state index in [-0.39, 0.29) is 0 Å². The van der Waals surface area contributed by atoms with E-state index in [1.165, 1.54) is 16.7 Å². The Labute approximate surface area is 107 Å². The SMILES string of the molecule is CC(C)CCSc1ccc(N)c2ncccc12. The summed E-state index contributed by atoms with van der Waals surface area (Å²) in [6.45, 7) is 4.51. The Morgan fingerprint density at radius 1 is 1.29 bits per heavy atom. The molecule has 0 amide bonds. The van der Waals surface area contributed by atoms with Gasteiger partial charge in [0.1, 0.15) is 0 Å². The van der Waals surface area contributed by atoms with E-state index in [2.05, 4.69) is 31.0 Å². The molecular formula is C14H18N2S. The topological polar surface area (TPSA) is 38.9 Å². The van der Waals surface area contributed by atoms with Crippen LogP contribution in [-0.4, -0.2) is 10.7 Å². The standard InChI is InChI=1S/C14H18N2S/c1-10(2)7-9-17-13-6-5-12(15)14-11(13)4-3-8-16-14/h3-6,8,10H,7,9,15H2,1-2H3. The van der Waals surface area contributed by atoms with Gasteiger partial charge < -0.3 is 5.73 Å². The van der Waals surface area contributed by atoms with Crippen LogP contribution >= 0.6 is 11.8 Å². The molecule has 0 saturated carbocycles. The molecule has 0 fully saturated rings. The number of hydrogen-bond donors (Lipinski definition) is 1. The van der Waals surface area contributed by atoms with E-state index in [4.69, 9.17) is 5.73 Å². The predicted molar refractivity (Wildman–Crippen MR) is 76.3 cm³/mol. The van der Waals surface area contributed by atoms with Crippen molar-refractivity contribution in [2.24, 2.45) is 5.92 Å². The van der Waals surface area contributed by atoms with E-state index in [1.807, 2.05) is 23.9 Å². The monoisotopic (exact) mass is 246 g/mol. The minimum Gasteiger partial charge on any atom is -0.397 e. The van der Waals surface area contributed by atoms with Crippen molar-refractivity contribution in [3.8, 4) is 0 Å². The van der Waals surface area contributed by atoms with E-state index in [1.54, 1.807) is 6.20 Å². The maximum atomic E-state index is 5.93. The number of nitrogens with two attached hydrogens (primary N) is 1. The van der Waals surface area contributed by atoms with Gasteiger partial charge >= 0.3 is 0 Å². The van der Waals surface area contributed by atoms with Crippen LogP contribution in [-0.2, 0) is 0 Å². The Morgan fingerprint density at radius 2 is 2.12 bits per heavy atom. The molecule has 0 spiro atoms. The third-order valence-corrected chi connectivity index (χ3v) is 3.82. The van der Waals surface area contributed by atoms with Gasteiger partial charge in [-0.3, -0.25) is 4.98 Å². The van der Waals surface area contributed by atoms with Crippen LogP contribution in [0.4, 0.5) is 5.69 Å². The summed E-state index contributed by atoms with van der Waals surface area (Å²) in [7, 11) is 0. The summed E-state index contributed by atoms with van der Waals surface area (Å²) in [5.74, 6) is 1.90. The smallest absolute Gasteiger partial charge is 0.0942 e. The first-order chi connectivity index (χ1) is 8.18. The summed E-state index contributed by atoms with van der Waals surface area (Å²) in [6, 6.07) is 8.11. The van der Waals surface area contributed by atoms with Gasteiger partial charge in [0.2, 0.25) is 0 Å². The lowest BCUT2D eigenvalue weighted by Gasteiger charge is -2.08. The van der Waals surface area contributed by atoms with Gasteiger partial charge in [0.05, 0.1) is 11.2 Å². The second-order valence-electron chi connectivity index (χ2n) is 4.58. The number of aromatic nitrogens is 1. The summed E-state index contributed by atoms with van der Waals surface area (Å²) < 4.78 is 0. The zero-order valence-electron chi connectivity index (χ0n) is 10.3. The van der Waals surface area contributed by atoms with Gasteiger partial charge in [0.25, 0.3) is 0 Å². The molecule has 0 radical (unpaired) electrons. The predicted octanol–water partition coefficient (Wildman–Crippen LogP) is 3.96. The molecule has 0 atom stereocenters. The van der Waals surface area contributed by atoms with E-state index >= 15 is 0 Å². The molecule has 2 N–H and O–H groups in total. The van der Waals surface area contributed by atoms with Crippen molar-refractivity contribution in [1.29, 1.82) is 0 Å². The van der Waals surface area contributed by atoms with E-state index in [0.29, 0.717) is 0 Å². The van der Waals surface area contributed by atoms with Crippen molar-refractivity contribution in [2.45, 2.75) is 25.2 Å². The van der Waals surface area contributed by atoms with Crippen molar-refractivity contribution in [2.75, 3.05) is 11.5 Å². The zero-order valence-corrected chi connectivity index (χ0v) is 11.1. The third kappa shape index (κ3) is 2.91. The second kappa shape index (κ2) is 5.41. The normalized spacial score (nSPS) is 11.2. The molecule has 1 aromatic heterocycles. The molecule has 90 valence electrons. The fraction of sp³-hybridized carbons (Fsp3) is 0.357. The van der Waals surface area contributed by atoms with Crippen LogP contribution in [0.15, 0.2) is 35.4 Å². The summed E-state index contributed by atoms with van der Waals surface area (Å²) >= 11 is 1.89. The largest absolute Gasteiger partial charge is 0.397 e. The lowest BCUT2D eigenvalue weighted by molar-refractivity contribution is 0.632. The molecule has 0 bridgehead atoms. The van der Waals surface area contributed by atoms with Crippen LogP contribution in [0.5, 0.6) is 0 Å². The Morgan fingerprint density at radius 3 is 2.88 bits per heavy atom. The maximum Gasteiger partial charge on any atom is 0.0942 e. The van der Waals surface area contributed by atoms with Gasteiger partial charge in [-0.15, -0.1) is 11.8 Å². The highest BCUT2D eigenvalue weighted by atomic mass is 32.2. The summed E-state index contributed by atoms with van der Waals surface area (Å²) in [4.78, 5) is 5.63. The minimum absolute atomic E-state index is 0.751. The molecule has 1 heterocycles. The number of fused-ring (bicyclic) bond motifs is 1. The van der Waals surface area contributed by atoms with Gasteiger partial charge in [-0.05, 0) is 36.3 Å². The van der Waals surface area contributed by atoms with Gasteiger partial charge in [0.15, 0.2) is 0 Å². The fourth-order valence-corrected chi connectivity index (χ4v) is 2.99. The molecule has 0 unspecified atom stereocenters. The summed E-state index contributed by atoms with van der Waals surface area (Å²) in [5, 5.41) is 1.17. The van der Waals surface area contributed by atoms with Crippen molar-refractivity contribution < 1.29 is 0 Å². The van der Waals surface area contributed by atoms with Crippen LogP contribution in [0.3, 0.4) is 0 Å². The van der Waals surface area contributed by atoms with Crippen LogP contribution in [0.2, 0.25) is 0 Å². The molecule has 0 aliphatic rings. The quantitative estimate of drug-likeness (QED) is 0.655. The lowest BCUT2D eigenvalue weighted by atomic mass is 10.2. The molecule has 2 aromatic rings. The highest BCUT2D eigenvalue weighted by Gasteiger charge is 2.05. The first-order valence-electron chi connectivity index (χ1n) is 5.94. The third-order valence-electron chi connectivity index (χ3n) is 2.71. The first-order valence-corrected chi connectivity index (χ1v) is 6.93. The van der Waals surface area contributed by atoms with Gasteiger partial charge in [-0.25, -0.2) is 0 Å². The van der Waals surface area contributed by atoms with Crippen molar-refractivity contribution >= 4 is 28.4 Å². The second-order valence-corrected chi connectivity index (χ2v) is 5.72. The van der Waals surface area contributed by atoms with Crippen LogP contribution in [0.1, 0.15) is 20.3 Å². The summed E-state index contributed by atoms with van der Waals surface area (Å²) in [5.41, 5.74) is 7.61. The van der Waals surface area contributed by atoms with Crippen molar-refractivity contribution in [3.63, 3.8) is 0 Å². The highest BCUT2D eigenvalue weighted by molar-refractivity contribution is 7.99. The zero-order chi connectivity index (χ0) is 12.3. The van der Waals surface area contributed by atoms with Crippen molar-refractivity contribution in [1.82, 2.24) is 4.98 Å². The fourth-order valence-electron chi connectivity index (χ4n) is 1.70. The van der Waals surface area contributed by atoms with Crippen LogP contribution in [0, 0.1) is 5.92 Å². The number of benzene rings is 1. The molecular weight excluding hydrogens is 228 g/mol. The van der Waals surface area contributed by atoms with Gasteiger partial charge in [-0.1, -0.05) is 19.9 Å². The number of anilines is 1. The number of nitrogen functional groups attached to an aromatic ring is 1. The lowest BCUT2D eigenvalue weighted by Crippen LogP contribution is -1.92. The van der Waals surface area contributed by atoms with E-state index in [0.717, 1.165) is 22.9 Å². The number of hydrogen-bond acceptors (Lipinski definition) is 3. The first kappa shape index (κ1) is 12.2. The molecule has 0 aliphatic carbocycles. The minimum atomic E-state index is 0.751. The molecule has 2 nitrogen and oxygen atoms in total. The number of rotatable bonds is 4. The van der Waals surface area contributed by atoms with Gasteiger partial charge in [-0.2, -0.15) is 0 Å². The average Bonchev–Trinajstić information content (AvgIpc) is 2.32. The van der Waals surface area contributed by atoms with Gasteiger partial charge in [0, 0.05) is 16.5 Å². The van der Waals surface area contributed by atoms with Crippen molar-refractivity contribution in [3.05, 3.63) is 30.5 Å². The summed E-state index contributed by atoms with van der Waals surface area (Å²) in [6.07, 6.45) is 3.03. The van der Waals surface area contributed by atoms with Crippen LogP contribution < -0.4 is 5.73 Å². The van der Waals surface area contributed by atoms with E-state index < -0.39 is 0 Å². The highest BCUT2D eigenvalue weighted by Crippen LogP contribution is 2.30. The Kier molecular flexibility index (Phi) is 3.89. The molecule has 0 saturated heterocycles. The Balaban J connectivity index is 2.26. The Hall–Kier alpha value is -1.22. The molecule has 3 heteroatoms. The molecule has 17 heavy (non-hydrogen) atoms. The number of pyridine rings is 1. The molecule has 2 rings (SSSR count).